The molecule has 4 aromatic rings. The summed E-state index contributed by atoms with van der Waals surface area (Å²) in [6.45, 7) is 0.266. The predicted molar refractivity (Wildman–Crippen MR) is 105 cm³/mol. The normalized spacial score (nSPS) is 12.3. The number of hydrogen-bond acceptors (Lipinski definition) is 7. The lowest BCUT2D eigenvalue weighted by Gasteiger charge is -2.03. The minimum absolute atomic E-state index is 0.266. The Kier molecular flexibility index (Phi) is 3.79. The maximum atomic E-state index is 5.42. The first-order valence-corrected chi connectivity index (χ1v) is 9.17. The maximum absolute atomic E-state index is 5.42. The molecule has 0 atom stereocenters. The number of aromatic nitrogens is 2. The highest BCUT2D eigenvalue weighted by atomic mass is 32.1. The fraction of sp³-hybridized carbons (Fsp3) is 0.100. The molecule has 1 aliphatic rings. The fourth-order valence-corrected chi connectivity index (χ4v) is 3.87. The van der Waals surface area contributed by atoms with Crippen LogP contribution >= 0.6 is 11.3 Å². The minimum atomic E-state index is 0.266. The van der Waals surface area contributed by atoms with E-state index >= 15 is 0 Å². The van der Waals surface area contributed by atoms with Crippen molar-refractivity contribution in [2.75, 3.05) is 19.2 Å². The average molecular weight is 377 g/mol. The third-order valence-corrected chi connectivity index (χ3v) is 5.23. The highest BCUT2D eigenvalue weighted by molar-refractivity contribution is 7.22. The topological polar surface area (TPSA) is 65.5 Å². The molecule has 3 heterocycles. The second-order valence-corrected chi connectivity index (χ2v) is 7.04. The van der Waals surface area contributed by atoms with Crippen molar-refractivity contribution in [3.05, 3.63) is 54.9 Å². The molecule has 27 heavy (non-hydrogen) atoms. The number of pyridine rings is 1. The first kappa shape index (κ1) is 15.9. The molecular weight excluding hydrogens is 362 g/mol. The van der Waals surface area contributed by atoms with Gasteiger partial charge >= 0.3 is 0 Å². The smallest absolute Gasteiger partial charge is 0.231 e. The number of nitrogens with zero attached hydrogens (tertiary/aromatic N) is 2. The van der Waals surface area contributed by atoms with Crippen LogP contribution < -0.4 is 19.5 Å². The number of thiazole rings is 1. The molecule has 6 nitrogen and oxygen atoms in total. The van der Waals surface area contributed by atoms with E-state index in [-0.39, 0.29) is 6.79 Å². The zero-order chi connectivity index (χ0) is 18.2. The third kappa shape index (κ3) is 3.02. The summed E-state index contributed by atoms with van der Waals surface area (Å²) in [7, 11) is 1.64. The Labute approximate surface area is 159 Å². The molecule has 0 saturated heterocycles. The van der Waals surface area contributed by atoms with E-state index in [0.29, 0.717) is 0 Å². The maximum Gasteiger partial charge on any atom is 0.231 e. The lowest BCUT2D eigenvalue weighted by molar-refractivity contribution is 0.174. The summed E-state index contributed by atoms with van der Waals surface area (Å²) in [5.74, 6) is 2.25. The molecule has 5 rings (SSSR count). The highest BCUT2D eigenvalue weighted by Gasteiger charge is 2.14. The summed E-state index contributed by atoms with van der Waals surface area (Å²) in [6.07, 6.45) is 3.53. The van der Waals surface area contributed by atoms with Crippen LogP contribution in [0.2, 0.25) is 0 Å². The lowest BCUT2D eigenvalue weighted by Crippen LogP contribution is -1.93. The van der Waals surface area contributed by atoms with Gasteiger partial charge in [0.05, 0.1) is 23.5 Å². The molecule has 0 aliphatic carbocycles. The first-order valence-electron chi connectivity index (χ1n) is 8.35. The Morgan fingerprint density at radius 2 is 1.93 bits per heavy atom. The summed E-state index contributed by atoms with van der Waals surface area (Å²) in [6, 6.07) is 13.9. The largest absolute Gasteiger partial charge is 0.495 e. The summed E-state index contributed by atoms with van der Waals surface area (Å²) < 4.78 is 17.1. The second-order valence-electron chi connectivity index (χ2n) is 6.01. The zero-order valence-electron chi connectivity index (χ0n) is 14.4. The molecule has 0 saturated carbocycles. The van der Waals surface area contributed by atoms with Crippen LogP contribution in [0.15, 0.2) is 54.9 Å². The van der Waals surface area contributed by atoms with Crippen molar-refractivity contribution in [3.63, 3.8) is 0 Å². The van der Waals surface area contributed by atoms with Gasteiger partial charge in [-0.15, -0.1) is 0 Å². The van der Waals surface area contributed by atoms with Gasteiger partial charge in [0.1, 0.15) is 5.75 Å². The van der Waals surface area contributed by atoms with E-state index in [2.05, 4.69) is 21.4 Å². The molecule has 0 fully saturated rings. The molecule has 7 heteroatoms. The number of anilines is 2. The van der Waals surface area contributed by atoms with Crippen molar-refractivity contribution in [2.24, 2.45) is 0 Å². The van der Waals surface area contributed by atoms with E-state index in [9.17, 15) is 0 Å². The van der Waals surface area contributed by atoms with Crippen LogP contribution in [0, 0.1) is 0 Å². The van der Waals surface area contributed by atoms with Gasteiger partial charge < -0.3 is 19.5 Å². The second kappa shape index (κ2) is 6.44. The van der Waals surface area contributed by atoms with Crippen LogP contribution in [-0.4, -0.2) is 23.9 Å². The molecule has 0 amide bonds. The standard InChI is InChI=1S/C20H15N3O3S/c1-24-15-6-13(9-21-10-15)12-2-4-16-19(7-12)27-20(23-16)22-14-3-5-17-18(8-14)26-11-25-17/h2-10H,11H2,1H3,(H,22,23). The molecule has 0 bridgehead atoms. The van der Waals surface area contributed by atoms with Crippen LogP contribution in [0.1, 0.15) is 0 Å². The third-order valence-electron chi connectivity index (χ3n) is 4.29. The Morgan fingerprint density at radius 3 is 2.85 bits per heavy atom. The number of ether oxygens (including phenoxy) is 3. The van der Waals surface area contributed by atoms with E-state index in [4.69, 9.17) is 14.2 Å². The van der Waals surface area contributed by atoms with Gasteiger partial charge in [0, 0.05) is 23.5 Å². The molecular formula is C20H15N3O3S. The first-order chi connectivity index (χ1) is 13.3. The van der Waals surface area contributed by atoms with Crippen LogP contribution in [0.5, 0.6) is 17.2 Å². The molecule has 0 spiro atoms. The number of fused-ring (bicyclic) bond motifs is 2. The van der Waals surface area contributed by atoms with Gasteiger partial charge in [-0.2, -0.15) is 0 Å². The van der Waals surface area contributed by atoms with Crippen LogP contribution in [0.3, 0.4) is 0 Å². The van der Waals surface area contributed by atoms with Gasteiger partial charge in [-0.05, 0) is 35.9 Å². The van der Waals surface area contributed by atoms with Gasteiger partial charge in [-0.1, -0.05) is 17.4 Å². The monoisotopic (exact) mass is 377 g/mol. The number of rotatable bonds is 4. The van der Waals surface area contributed by atoms with Crippen LogP contribution in [-0.2, 0) is 0 Å². The molecule has 1 aliphatic heterocycles. The van der Waals surface area contributed by atoms with Gasteiger partial charge in [-0.25, -0.2) is 4.98 Å². The van der Waals surface area contributed by atoms with Crippen molar-refractivity contribution in [2.45, 2.75) is 0 Å². The molecule has 134 valence electrons. The number of nitrogens with one attached hydrogen (secondary N) is 1. The van der Waals surface area contributed by atoms with Gasteiger partial charge in [0.15, 0.2) is 16.6 Å². The van der Waals surface area contributed by atoms with Gasteiger partial charge in [-0.3, -0.25) is 4.98 Å². The number of benzene rings is 2. The van der Waals surface area contributed by atoms with Gasteiger partial charge in [0.25, 0.3) is 0 Å². The summed E-state index contributed by atoms with van der Waals surface area (Å²) in [5, 5.41) is 4.16. The van der Waals surface area contributed by atoms with Crippen molar-refractivity contribution >= 4 is 32.4 Å². The average Bonchev–Trinajstić information content (AvgIpc) is 3.33. The molecule has 1 N–H and O–H groups in total. The Balaban J connectivity index is 1.45. The Bertz CT molecular complexity index is 1140. The van der Waals surface area contributed by atoms with Crippen molar-refractivity contribution in [3.8, 4) is 28.4 Å². The molecule has 2 aromatic carbocycles. The van der Waals surface area contributed by atoms with Crippen molar-refractivity contribution in [1.29, 1.82) is 0 Å². The lowest BCUT2D eigenvalue weighted by atomic mass is 10.1. The molecule has 0 unspecified atom stereocenters. The zero-order valence-corrected chi connectivity index (χ0v) is 15.2. The predicted octanol–water partition coefficient (Wildman–Crippen LogP) is 4.84. The van der Waals surface area contributed by atoms with Crippen molar-refractivity contribution < 1.29 is 14.2 Å². The minimum Gasteiger partial charge on any atom is -0.495 e. The SMILES string of the molecule is COc1cncc(-c2ccc3nc(Nc4ccc5c(c4)OCO5)sc3c2)c1. The van der Waals surface area contributed by atoms with Crippen molar-refractivity contribution in [1.82, 2.24) is 9.97 Å². The summed E-state index contributed by atoms with van der Waals surface area (Å²) in [4.78, 5) is 8.89. The van der Waals surface area contributed by atoms with E-state index in [1.54, 1.807) is 24.6 Å². The van der Waals surface area contributed by atoms with E-state index in [1.807, 2.05) is 42.6 Å². The van der Waals surface area contributed by atoms with E-state index < -0.39 is 0 Å². The fourth-order valence-electron chi connectivity index (χ4n) is 2.94. The van der Waals surface area contributed by atoms with Gasteiger partial charge in [0.2, 0.25) is 6.79 Å². The Hall–Kier alpha value is -3.32. The number of methoxy groups -OCH3 is 1. The summed E-state index contributed by atoms with van der Waals surface area (Å²) >= 11 is 1.60. The van der Waals surface area contributed by atoms with Crippen LogP contribution in [0.25, 0.3) is 21.3 Å². The highest BCUT2D eigenvalue weighted by Crippen LogP contribution is 2.37. The molecule has 2 aromatic heterocycles. The Morgan fingerprint density at radius 1 is 1.00 bits per heavy atom. The van der Waals surface area contributed by atoms with E-state index in [0.717, 1.165) is 49.4 Å². The number of hydrogen-bond donors (Lipinski definition) is 1. The molecule has 0 radical (unpaired) electrons. The van der Waals surface area contributed by atoms with E-state index in [1.165, 1.54) is 0 Å². The van der Waals surface area contributed by atoms with Crippen LogP contribution in [0.4, 0.5) is 10.8 Å². The quantitative estimate of drug-likeness (QED) is 0.549. The summed E-state index contributed by atoms with van der Waals surface area (Å²) in [5.41, 5.74) is 3.94.